The van der Waals surface area contributed by atoms with Gasteiger partial charge in [-0.3, -0.25) is 14.5 Å². The number of likely N-dealkylation sites (tertiary alicyclic amines) is 1. The Balaban J connectivity index is 1.78. The van der Waals surface area contributed by atoms with Crippen LogP contribution >= 0.6 is 0 Å². The van der Waals surface area contributed by atoms with Crippen LogP contribution in [0, 0.1) is 17.8 Å². The van der Waals surface area contributed by atoms with E-state index in [2.05, 4.69) is 21.7 Å². The molecule has 2 saturated heterocycles. The summed E-state index contributed by atoms with van der Waals surface area (Å²) in [7, 11) is 2.87. The van der Waals surface area contributed by atoms with Crippen molar-refractivity contribution in [3.8, 4) is 0 Å². The average molecular weight is 405 g/mol. The summed E-state index contributed by atoms with van der Waals surface area (Å²) < 4.78 is 9.96. The molecular weight excluding hydrogens is 372 g/mol. The third-order valence-corrected chi connectivity index (χ3v) is 6.44. The van der Waals surface area contributed by atoms with E-state index in [9.17, 15) is 9.59 Å². The predicted octanol–water partition coefficient (Wildman–Crippen LogP) is 2.12. The number of carbonyl (C=O) groups is 2. The van der Waals surface area contributed by atoms with Crippen molar-refractivity contribution in [1.29, 1.82) is 0 Å². The molecule has 3 heterocycles. The minimum atomic E-state index is -0.517. The van der Waals surface area contributed by atoms with Crippen molar-refractivity contribution in [2.24, 2.45) is 10.8 Å². The summed E-state index contributed by atoms with van der Waals surface area (Å²) in [6.45, 7) is 10.7. The molecule has 0 spiro atoms. The van der Waals surface area contributed by atoms with Crippen molar-refractivity contribution in [3.63, 3.8) is 0 Å². The quantitative estimate of drug-likeness (QED) is 0.690. The number of aromatic nitrogens is 2. The Morgan fingerprint density at radius 1 is 1.03 bits per heavy atom. The maximum absolute atomic E-state index is 12.1. The SMILES string of the molecule is COC(=O)[C@]1(C)CCN(c2cc(C)nc([C@H](C)N3CC[C@@](C)(C(=O)OC)C3)n2)C1. The van der Waals surface area contributed by atoms with Crippen LogP contribution in [0.15, 0.2) is 6.07 Å². The third kappa shape index (κ3) is 4.08. The minimum absolute atomic E-state index is 0.0188. The van der Waals surface area contributed by atoms with Crippen LogP contribution in [0.3, 0.4) is 0 Å². The number of esters is 2. The van der Waals surface area contributed by atoms with Crippen LogP contribution in [0.2, 0.25) is 0 Å². The number of nitrogens with zero attached hydrogens (tertiary/aromatic N) is 4. The first-order valence-corrected chi connectivity index (χ1v) is 10.1. The molecule has 0 N–H and O–H groups in total. The molecule has 0 aliphatic carbocycles. The lowest BCUT2D eigenvalue weighted by molar-refractivity contribution is -0.151. The van der Waals surface area contributed by atoms with Gasteiger partial charge in [0.05, 0.1) is 31.1 Å². The van der Waals surface area contributed by atoms with Crippen LogP contribution in [0.4, 0.5) is 5.82 Å². The first-order chi connectivity index (χ1) is 13.6. The molecule has 1 aromatic rings. The smallest absolute Gasteiger partial charge is 0.313 e. The summed E-state index contributed by atoms with van der Waals surface area (Å²) in [5.41, 5.74) is -0.123. The number of anilines is 1. The van der Waals surface area contributed by atoms with Gasteiger partial charge in [0, 0.05) is 37.9 Å². The zero-order valence-electron chi connectivity index (χ0n) is 18.3. The number of aryl methyl sites for hydroxylation is 1. The number of methoxy groups -OCH3 is 2. The Bertz CT molecular complexity index is 801. The third-order valence-electron chi connectivity index (χ3n) is 6.44. The van der Waals surface area contributed by atoms with E-state index < -0.39 is 10.8 Å². The molecule has 0 bridgehead atoms. The lowest BCUT2D eigenvalue weighted by Gasteiger charge is -2.27. The Labute approximate surface area is 172 Å². The van der Waals surface area contributed by atoms with Crippen molar-refractivity contribution in [2.75, 3.05) is 45.3 Å². The summed E-state index contributed by atoms with van der Waals surface area (Å²) in [5, 5.41) is 0. The van der Waals surface area contributed by atoms with E-state index in [0.717, 1.165) is 43.3 Å². The maximum atomic E-state index is 12.1. The lowest BCUT2D eigenvalue weighted by Crippen LogP contribution is -2.35. The number of rotatable bonds is 5. The van der Waals surface area contributed by atoms with Crippen LogP contribution in [0.5, 0.6) is 0 Å². The highest BCUT2D eigenvalue weighted by Gasteiger charge is 2.44. The van der Waals surface area contributed by atoms with E-state index in [0.29, 0.717) is 13.1 Å². The molecule has 0 radical (unpaired) electrons. The molecule has 3 atom stereocenters. The summed E-state index contributed by atoms with van der Waals surface area (Å²) in [4.78, 5) is 38.1. The molecule has 3 rings (SSSR count). The monoisotopic (exact) mass is 404 g/mol. The van der Waals surface area contributed by atoms with Crippen LogP contribution in [0.1, 0.15) is 51.2 Å². The highest BCUT2D eigenvalue weighted by molar-refractivity contribution is 5.78. The first-order valence-electron chi connectivity index (χ1n) is 10.1. The fourth-order valence-corrected chi connectivity index (χ4v) is 4.40. The molecule has 8 nitrogen and oxygen atoms in total. The van der Waals surface area contributed by atoms with Gasteiger partial charge in [-0.15, -0.1) is 0 Å². The molecule has 8 heteroatoms. The van der Waals surface area contributed by atoms with Gasteiger partial charge in [0.2, 0.25) is 0 Å². The van der Waals surface area contributed by atoms with Crippen molar-refractivity contribution >= 4 is 17.8 Å². The Morgan fingerprint density at radius 3 is 2.24 bits per heavy atom. The highest BCUT2D eigenvalue weighted by atomic mass is 16.5. The van der Waals surface area contributed by atoms with Gasteiger partial charge in [-0.1, -0.05) is 0 Å². The van der Waals surface area contributed by atoms with Crippen molar-refractivity contribution in [1.82, 2.24) is 14.9 Å². The van der Waals surface area contributed by atoms with Gasteiger partial charge in [0.15, 0.2) is 0 Å². The molecule has 0 saturated carbocycles. The van der Waals surface area contributed by atoms with Crippen molar-refractivity contribution in [2.45, 2.75) is 46.6 Å². The standard InChI is InChI=1S/C21H32N4O4/c1-14-11-16(25-10-8-21(4,13-25)19(27)29-6)23-17(22-14)15(2)24-9-7-20(3,12-24)18(26)28-5/h11,15H,7-10,12-13H2,1-6H3/t15-,20+,21+/m0/s1. The second-order valence-electron chi connectivity index (χ2n) is 8.90. The second-order valence-corrected chi connectivity index (χ2v) is 8.90. The summed E-state index contributed by atoms with van der Waals surface area (Å²) in [6, 6.07) is 1.94. The number of carbonyl (C=O) groups excluding carboxylic acids is 2. The highest BCUT2D eigenvalue weighted by Crippen LogP contribution is 2.37. The molecule has 160 valence electrons. The molecule has 0 amide bonds. The first kappa shape index (κ1) is 21.5. The van der Waals surface area contributed by atoms with Crippen LogP contribution in [0.25, 0.3) is 0 Å². The van der Waals surface area contributed by atoms with Gasteiger partial charge in [-0.05, 0) is 40.5 Å². The molecular formula is C21H32N4O4. The van der Waals surface area contributed by atoms with Gasteiger partial charge in [-0.2, -0.15) is 0 Å². The minimum Gasteiger partial charge on any atom is -0.469 e. The molecule has 2 aliphatic rings. The van der Waals surface area contributed by atoms with E-state index in [1.807, 2.05) is 26.8 Å². The van der Waals surface area contributed by atoms with Crippen LogP contribution < -0.4 is 4.90 Å². The lowest BCUT2D eigenvalue weighted by atomic mass is 9.90. The van der Waals surface area contributed by atoms with Crippen molar-refractivity contribution < 1.29 is 19.1 Å². The van der Waals surface area contributed by atoms with Crippen molar-refractivity contribution in [3.05, 3.63) is 17.6 Å². The van der Waals surface area contributed by atoms with E-state index in [4.69, 9.17) is 14.5 Å². The van der Waals surface area contributed by atoms with Gasteiger partial charge >= 0.3 is 11.9 Å². The number of hydrogen-bond donors (Lipinski definition) is 0. The number of ether oxygens (including phenoxy) is 2. The molecule has 29 heavy (non-hydrogen) atoms. The second kappa shape index (κ2) is 7.89. The summed E-state index contributed by atoms with van der Waals surface area (Å²) >= 11 is 0. The normalized spacial score (nSPS) is 28.4. The zero-order chi connectivity index (χ0) is 21.4. The summed E-state index contributed by atoms with van der Waals surface area (Å²) in [6.07, 6.45) is 1.49. The van der Waals surface area contributed by atoms with Crippen LogP contribution in [-0.4, -0.2) is 67.2 Å². The van der Waals surface area contributed by atoms with E-state index >= 15 is 0 Å². The van der Waals surface area contributed by atoms with E-state index in [1.165, 1.54) is 14.2 Å². The molecule has 0 unspecified atom stereocenters. The predicted molar refractivity (Wildman–Crippen MR) is 108 cm³/mol. The van der Waals surface area contributed by atoms with E-state index in [-0.39, 0.29) is 18.0 Å². The van der Waals surface area contributed by atoms with Gasteiger partial charge < -0.3 is 14.4 Å². The van der Waals surface area contributed by atoms with Gasteiger partial charge in [-0.25, -0.2) is 9.97 Å². The Morgan fingerprint density at radius 2 is 1.62 bits per heavy atom. The Hall–Kier alpha value is -2.22. The number of hydrogen-bond acceptors (Lipinski definition) is 8. The molecule has 1 aromatic heterocycles. The largest absolute Gasteiger partial charge is 0.469 e. The van der Waals surface area contributed by atoms with Gasteiger partial charge in [0.25, 0.3) is 0 Å². The zero-order valence-corrected chi connectivity index (χ0v) is 18.3. The summed E-state index contributed by atoms with van der Waals surface area (Å²) in [5.74, 6) is 1.22. The van der Waals surface area contributed by atoms with Gasteiger partial charge in [0.1, 0.15) is 11.6 Å². The van der Waals surface area contributed by atoms with E-state index in [1.54, 1.807) is 0 Å². The fraction of sp³-hybridized carbons (Fsp3) is 0.714. The molecule has 2 fully saturated rings. The molecule has 0 aromatic carbocycles. The maximum Gasteiger partial charge on any atom is 0.313 e. The molecule has 2 aliphatic heterocycles. The fourth-order valence-electron chi connectivity index (χ4n) is 4.40. The average Bonchev–Trinajstić information content (AvgIpc) is 3.30. The Kier molecular flexibility index (Phi) is 5.85. The van der Waals surface area contributed by atoms with Crippen LogP contribution in [-0.2, 0) is 19.1 Å². The topological polar surface area (TPSA) is 84.9 Å².